The highest BCUT2D eigenvalue weighted by atomic mass is 35.5. The molecule has 0 aliphatic rings. The second kappa shape index (κ2) is 8.03. The van der Waals surface area contributed by atoms with Crippen LogP contribution in [0.5, 0.6) is 0 Å². The van der Waals surface area contributed by atoms with E-state index in [9.17, 15) is 4.79 Å². The fourth-order valence-corrected chi connectivity index (χ4v) is 3.27. The molecule has 0 saturated carbocycles. The summed E-state index contributed by atoms with van der Waals surface area (Å²) in [5, 5.41) is 6.25. The summed E-state index contributed by atoms with van der Waals surface area (Å²) in [6, 6.07) is 20.1. The van der Waals surface area contributed by atoms with E-state index in [0.29, 0.717) is 27.7 Å². The number of thiocarbonyl (C=S) groups is 1. The van der Waals surface area contributed by atoms with E-state index in [2.05, 4.69) is 15.6 Å². The minimum absolute atomic E-state index is 0.148. The molecule has 0 spiro atoms. The molecule has 0 unspecified atom stereocenters. The summed E-state index contributed by atoms with van der Waals surface area (Å²) in [6.45, 7) is 1.87. The lowest BCUT2D eigenvalue weighted by atomic mass is 10.1. The lowest BCUT2D eigenvalue weighted by Crippen LogP contribution is -2.34. The summed E-state index contributed by atoms with van der Waals surface area (Å²) < 4.78 is 5.80. The molecular weight excluding hydrogens is 406 g/mol. The Bertz CT molecular complexity index is 1200. The Kier molecular flexibility index (Phi) is 5.29. The van der Waals surface area contributed by atoms with Gasteiger partial charge in [0, 0.05) is 11.1 Å². The lowest BCUT2D eigenvalue weighted by molar-refractivity contribution is 0.0977. The first-order valence-corrected chi connectivity index (χ1v) is 9.63. The van der Waals surface area contributed by atoms with Crippen molar-refractivity contribution < 1.29 is 9.21 Å². The van der Waals surface area contributed by atoms with E-state index in [1.807, 2.05) is 49.4 Å². The summed E-state index contributed by atoms with van der Waals surface area (Å²) in [5.74, 6) is 0.188. The summed E-state index contributed by atoms with van der Waals surface area (Å²) in [7, 11) is 0. The Labute approximate surface area is 177 Å². The van der Waals surface area contributed by atoms with Gasteiger partial charge in [-0.2, -0.15) is 0 Å². The third kappa shape index (κ3) is 4.13. The molecule has 7 heteroatoms. The van der Waals surface area contributed by atoms with Gasteiger partial charge in [-0.05, 0) is 61.1 Å². The molecule has 0 atom stereocenters. The maximum atomic E-state index is 12.4. The van der Waals surface area contributed by atoms with Crippen LogP contribution in [0.3, 0.4) is 0 Å². The monoisotopic (exact) mass is 421 g/mol. The van der Waals surface area contributed by atoms with Crippen LogP contribution in [-0.4, -0.2) is 16.0 Å². The maximum Gasteiger partial charge on any atom is 0.257 e. The van der Waals surface area contributed by atoms with Gasteiger partial charge in [0.15, 0.2) is 10.7 Å². The number of carbonyl (C=O) groups excluding carboxylic acids is 1. The van der Waals surface area contributed by atoms with Gasteiger partial charge in [0.2, 0.25) is 5.89 Å². The van der Waals surface area contributed by atoms with E-state index in [1.54, 1.807) is 24.3 Å². The van der Waals surface area contributed by atoms with E-state index < -0.39 is 0 Å². The molecule has 0 saturated heterocycles. The van der Waals surface area contributed by atoms with E-state index >= 15 is 0 Å². The third-order valence-corrected chi connectivity index (χ3v) is 4.91. The number of fused-ring (bicyclic) bond motifs is 1. The average Bonchev–Trinajstić information content (AvgIpc) is 3.14. The number of hydrogen-bond acceptors (Lipinski definition) is 4. The number of aromatic nitrogens is 1. The van der Waals surface area contributed by atoms with Crippen LogP contribution in [0.4, 0.5) is 5.69 Å². The second-order valence-corrected chi connectivity index (χ2v) is 7.22. The molecule has 4 aromatic rings. The summed E-state index contributed by atoms with van der Waals surface area (Å²) in [6.07, 6.45) is 0. The summed E-state index contributed by atoms with van der Waals surface area (Å²) >= 11 is 11.6. The Morgan fingerprint density at radius 3 is 2.62 bits per heavy atom. The molecule has 1 aromatic heterocycles. The normalized spacial score (nSPS) is 10.7. The highest BCUT2D eigenvalue weighted by Crippen LogP contribution is 2.30. The Morgan fingerprint density at radius 2 is 1.83 bits per heavy atom. The van der Waals surface area contributed by atoms with Crippen LogP contribution in [-0.2, 0) is 0 Å². The fourth-order valence-electron chi connectivity index (χ4n) is 2.90. The molecule has 0 radical (unpaired) electrons. The van der Waals surface area contributed by atoms with Gasteiger partial charge < -0.3 is 9.73 Å². The minimum Gasteiger partial charge on any atom is -0.436 e. The molecule has 0 fully saturated rings. The van der Waals surface area contributed by atoms with Crippen molar-refractivity contribution in [2.45, 2.75) is 6.92 Å². The van der Waals surface area contributed by atoms with Gasteiger partial charge in [-0.25, -0.2) is 4.98 Å². The lowest BCUT2D eigenvalue weighted by Gasteiger charge is -2.12. The average molecular weight is 422 g/mol. The number of benzene rings is 3. The number of anilines is 1. The largest absolute Gasteiger partial charge is 0.436 e. The number of halogens is 1. The second-order valence-electron chi connectivity index (χ2n) is 6.40. The number of hydrogen-bond donors (Lipinski definition) is 2. The summed E-state index contributed by atoms with van der Waals surface area (Å²) in [5.41, 5.74) is 4.18. The summed E-state index contributed by atoms with van der Waals surface area (Å²) in [4.78, 5) is 16.9. The van der Waals surface area contributed by atoms with Crippen molar-refractivity contribution in [2.75, 3.05) is 5.32 Å². The predicted octanol–water partition coefficient (Wildman–Crippen LogP) is 5.58. The van der Waals surface area contributed by atoms with Crippen LogP contribution >= 0.6 is 23.8 Å². The number of para-hydroxylation sites is 2. The van der Waals surface area contributed by atoms with Crippen molar-refractivity contribution in [2.24, 2.45) is 0 Å². The number of aryl methyl sites for hydroxylation is 1. The quantitative estimate of drug-likeness (QED) is 0.422. The van der Waals surface area contributed by atoms with Gasteiger partial charge in [0.25, 0.3) is 5.91 Å². The zero-order valence-electron chi connectivity index (χ0n) is 15.4. The van der Waals surface area contributed by atoms with E-state index in [0.717, 1.165) is 16.6 Å². The van der Waals surface area contributed by atoms with Crippen molar-refractivity contribution in [1.82, 2.24) is 10.3 Å². The number of nitrogens with one attached hydrogen (secondary N) is 2. The maximum absolute atomic E-state index is 12.4. The van der Waals surface area contributed by atoms with Crippen LogP contribution in [0, 0.1) is 6.92 Å². The smallest absolute Gasteiger partial charge is 0.257 e. The third-order valence-electron chi connectivity index (χ3n) is 4.37. The minimum atomic E-state index is -0.285. The van der Waals surface area contributed by atoms with Crippen LogP contribution in [0.25, 0.3) is 22.6 Å². The van der Waals surface area contributed by atoms with Crippen molar-refractivity contribution in [3.8, 4) is 11.5 Å². The van der Waals surface area contributed by atoms with E-state index in [1.165, 1.54) is 0 Å². The number of carbonyl (C=O) groups is 1. The Hall–Kier alpha value is -3.22. The molecule has 0 aliphatic carbocycles. The number of nitrogens with zero attached hydrogens (tertiary/aromatic N) is 1. The van der Waals surface area contributed by atoms with Gasteiger partial charge in [0.05, 0.1) is 10.7 Å². The number of oxazole rings is 1. The van der Waals surface area contributed by atoms with Gasteiger partial charge in [-0.1, -0.05) is 41.9 Å². The molecule has 0 aliphatic heterocycles. The first-order valence-electron chi connectivity index (χ1n) is 8.85. The molecular formula is C22H16ClN3O2S. The Balaban J connectivity index is 1.54. The van der Waals surface area contributed by atoms with Crippen molar-refractivity contribution in [3.05, 3.63) is 82.9 Å². The fraction of sp³-hybridized carbons (Fsp3) is 0.0455. The highest BCUT2D eigenvalue weighted by molar-refractivity contribution is 7.80. The van der Waals surface area contributed by atoms with Crippen LogP contribution < -0.4 is 10.6 Å². The van der Waals surface area contributed by atoms with Crippen LogP contribution in [0.15, 0.2) is 71.1 Å². The molecule has 2 N–H and O–H groups in total. The van der Waals surface area contributed by atoms with Crippen molar-refractivity contribution in [3.63, 3.8) is 0 Å². The first kappa shape index (κ1) is 19.1. The van der Waals surface area contributed by atoms with E-state index in [-0.39, 0.29) is 11.0 Å². The molecule has 1 amide bonds. The standard InChI is InChI=1S/C22H16ClN3O2S/c1-13-6-2-3-7-15(13)20(27)26-22(29)25-18-12-14(10-11-16(18)23)21-24-17-8-4-5-9-19(17)28-21/h2-12H,1H3,(H2,25,26,27,29). The zero-order valence-corrected chi connectivity index (χ0v) is 17.0. The van der Waals surface area contributed by atoms with Gasteiger partial charge in [-0.3, -0.25) is 10.1 Å². The molecule has 29 heavy (non-hydrogen) atoms. The van der Waals surface area contributed by atoms with Crippen LogP contribution in [0.2, 0.25) is 5.02 Å². The molecule has 144 valence electrons. The van der Waals surface area contributed by atoms with Gasteiger partial charge in [-0.15, -0.1) is 0 Å². The van der Waals surface area contributed by atoms with Crippen LogP contribution in [0.1, 0.15) is 15.9 Å². The predicted molar refractivity (Wildman–Crippen MR) is 119 cm³/mol. The molecule has 3 aromatic carbocycles. The molecule has 0 bridgehead atoms. The van der Waals surface area contributed by atoms with Gasteiger partial charge >= 0.3 is 0 Å². The SMILES string of the molecule is Cc1ccccc1C(=O)NC(=S)Nc1cc(-c2nc3ccccc3o2)ccc1Cl. The molecule has 5 nitrogen and oxygen atoms in total. The number of rotatable bonds is 3. The molecule has 1 heterocycles. The zero-order chi connectivity index (χ0) is 20.4. The van der Waals surface area contributed by atoms with E-state index in [4.69, 9.17) is 28.2 Å². The number of amides is 1. The van der Waals surface area contributed by atoms with Crippen molar-refractivity contribution in [1.29, 1.82) is 0 Å². The van der Waals surface area contributed by atoms with Gasteiger partial charge in [0.1, 0.15) is 5.52 Å². The Morgan fingerprint density at radius 1 is 1.07 bits per heavy atom. The first-order chi connectivity index (χ1) is 14.0. The topological polar surface area (TPSA) is 67.2 Å². The van der Waals surface area contributed by atoms with Crippen molar-refractivity contribution >= 4 is 51.6 Å². The molecule has 4 rings (SSSR count). The highest BCUT2D eigenvalue weighted by Gasteiger charge is 2.13.